The van der Waals surface area contributed by atoms with Crippen molar-refractivity contribution in [3.63, 3.8) is 0 Å². The van der Waals surface area contributed by atoms with Crippen molar-refractivity contribution < 1.29 is 27.4 Å². The van der Waals surface area contributed by atoms with Crippen molar-refractivity contribution in [2.45, 2.75) is 0 Å². The maximum atomic E-state index is 16.4. The van der Waals surface area contributed by atoms with Gasteiger partial charge in [-0.1, -0.05) is 0 Å². The number of para-hydroxylation sites is 4. The van der Waals surface area contributed by atoms with Crippen molar-refractivity contribution in [3.8, 4) is 23.0 Å². The van der Waals surface area contributed by atoms with Gasteiger partial charge in [-0.3, -0.25) is 0 Å². The van der Waals surface area contributed by atoms with Crippen LogP contribution in [0.5, 0.6) is 23.0 Å². The molecule has 0 fully saturated rings. The van der Waals surface area contributed by atoms with Crippen LogP contribution < -0.4 is 29.5 Å². The number of aromatic nitrogens is 4. The topological polar surface area (TPSA) is 88.5 Å². The van der Waals surface area contributed by atoms with E-state index in [9.17, 15) is 0 Å². The summed E-state index contributed by atoms with van der Waals surface area (Å²) in [5.41, 5.74) is 1.27. The number of halogens is 2. The maximum absolute atomic E-state index is 16.4. The minimum atomic E-state index is -1.25. The second-order valence-corrected chi connectivity index (χ2v) is 11.2. The van der Waals surface area contributed by atoms with Crippen LogP contribution in [0.3, 0.4) is 0 Å². The van der Waals surface area contributed by atoms with Crippen molar-refractivity contribution in [2.75, 3.05) is 0 Å². The van der Waals surface area contributed by atoms with E-state index in [0.29, 0.717) is 23.0 Å². The summed E-state index contributed by atoms with van der Waals surface area (Å²) in [6.07, 6.45) is 0. The third-order valence-electron chi connectivity index (χ3n) is 6.23. The predicted molar refractivity (Wildman–Crippen MR) is 130 cm³/mol. The summed E-state index contributed by atoms with van der Waals surface area (Å²) in [6.45, 7) is 0. The van der Waals surface area contributed by atoms with Crippen molar-refractivity contribution in [1.82, 2.24) is 12.8 Å². The molecular formula is C22H8B2F2N4O4Te2. The summed E-state index contributed by atoms with van der Waals surface area (Å²) in [4.78, 5) is 0. The van der Waals surface area contributed by atoms with E-state index < -0.39 is 67.9 Å². The zero-order chi connectivity index (χ0) is 24.0. The minimum absolute atomic E-state index is 0.0123. The van der Waals surface area contributed by atoms with E-state index in [-0.39, 0.29) is 43.8 Å². The Morgan fingerprint density at radius 3 is 1.22 bits per heavy atom. The Labute approximate surface area is 222 Å². The van der Waals surface area contributed by atoms with Gasteiger partial charge < -0.3 is 0 Å². The fraction of sp³-hybridized carbons (Fsp3) is 0. The van der Waals surface area contributed by atoms with E-state index in [1.807, 2.05) is 0 Å². The van der Waals surface area contributed by atoms with Gasteiger partial charge in [0.1, 0.15) is 0 Å². The molecule has 0 amide bonds. The molecular weight excluding hydrogens is 699 g/mol. The van der Waals surface area contributed by atoms with Crippen LogP contribution in [0.25, 0.3) is 32.8 Å². The van der Waals surface area contributed by atoms with Gasteiger partial charge in [0.15, 0.2) is 0 Å². The summed E-state index contributed by atoms with van der Waals surface area (Å²) in [5.74, 6) is 0.598. The van der Waals surface area contributed by atoms with E-state index >= 15 is 8.78 Å². The van der Waals surface area contributed by atoms with Crippen molar-refractivity contribution in [3.05, 3.63) is 60.2 Å². The Hall–Kier alpha value is -2.89. The Morgan fingerprint density at radius 2 is 0.861 bits per heavy atom. The molecule has 8 nitrogen and oxygen atoms in total. The Morgan fingerprint density at radius 1 is 0.528 bits per heavy atom. The molecule has 6 aromatic rings. The zero-order valence-electron chi connectivity index (χ0n) is 17.8. The molecule has 172 valence electrons. The second kappa shape index (κ2) is 7.80. The van der Waals surface area contributed by atoms with Gasteiger partial charge in [-0.05, 0) is 0 Å². The van der Waals surface area contributed by atoms with E-state index in [1.165, 1.54) is 0 Å². The third-order valence-corrected chi connectivity index (χ3v) is 9.25. The van der Waals surface area contributed by atoms with Gasteiger partial charge in [0.05, 0.1) is 0 Å². The molecule has 2 aromatic heterocycles. The Kier molecular flexibility index (Phi) is 4.60. The number of rotatable bonds is 2. The number of nitrogens with zero attached hydrogens (tertiary/aromatic N) is 4. The summed E-state index contributed by atoms with van der Waals surface area (Å²) >= 11 is -2.49. The molecule has 0 saturated heterocycles. The zero-order valence-corrected chi connectivity index (χ0v) is 22.4. The molecule has 0 unspecified atom stereocenters. The first kappa shape index (κ1) is 21.2. The fourth-order valence-corrected chi connectivity index (χ4v) is 7.90. The van der Waals surface area contributed by atoms with E-state index in [1.54, 1.807) is 48.5 Å². The average molecular weight is 707 g/mol. The van der Waals surface area contributed by atoms with Gasteiger partial charge in [0, 0.05) is 0 Å². The molecule has 0 saturated carbocycles. The first-order valence-electron chi connectivity index (χ1n) is 10.7. The summed E-state index contributed by atoms with van der Waals surface area (Å²) in [6, 6.07) is 14.2. The van der Waals surface area contributed by atoms with E-state index in [0.717, 1.165) is 0 Å². The molecule has 0 atom stereocenters. The van der Waals surface area contributed by atoms with Gasteiger partial charge in [0.25, 0.3) is 0 Å². The van der Waals surface area contributed by atoms with Crippen molar-refractivity contribution in [2.24, 2.45) is 0 Å². The molecule has 0 N–H and O–H groups in total. The summed E-state index contributed by atoms with van der Waals surface area (Å²) < 4.78 is 74.5. The Bertz CT molecular complexity index is 1700. The molecule has 0 radical (unpaired) electrons. The molecule has 4 heterocycles. The van der Waals surface area contributed by atoms with Gasteiger partial charge in [0.2, 0.25) is 0 Å². The van der Waals surface area contributed by atoms with Crippen LogP contribution in [0.4, 0.5) is 8.78 Å². The molecule has 14 heteroatoms. The van der Waals surface area contributed by atoms with E-state index in [2.05, 4.69) is 12.8 Å². The van der Waals surface area contributed by atoms with Crippen LogP contribution in [0, 0.1) is 11.6 Å². The predicted octanol–water partition coefficient (Wildman–Crippen LogP) is 1.45. The van der Waals surface area contributed by atoms with Gasteiger partial charge in [-0.25, -0.2) is 0 Å². The molecule has 2 aliphatic rings. The second-order valence-electron chi connectivity index (χ2n) is 8.16. The van der Waals surface area contributed by atoms with Gasteiger partial charge in [-0.15, -0.1) is 0 Å². The number of benzene rings is 4. The van der Waals surface area contributed by atoms with E-state index in [4.69, 9.17) is 18.6 Å². The normalized spacial score (nSPS) is 14.1. The van der Waals surface area contributed by atoms with Gasteiger partial charge in [-0.2, -0.15) is 0 Å². The molecule has 8 rings (SSSR count). The first-order valence-corrected chi connectivity index (χ1v) is 14.9. The molecule has 0 aliphatic carbocycles. The van der Waals surface area contributed by atoms with Crippen molar-refractivity contribution >= 4 is 100 Å². The van der Waals surface area contributed by atoms with Gasteiger partial charge >= 0.3 is 223 Å². The quantitative estimate of drug-likeness (QED) is 0.251. The van der Waals surface area contributed by atoms with Crippen LogP contribution >= 0.6 is 0 Å². The summed E-state index contributed by atoms with van der Waals surface area (Å²) in [7, 11) is -2.15. The first-order chi connectivity index (χ1) is 17.7. The standard InChI is InChI=1S/C22H8B2F2N4O4Te2/c25-17-13-14(19-21(29-35-27-19)15(17)23-31-9-5-1-2-6-10(9)32-23)18(26)16(22-20(13)28-36-30-22)24-33-11-7-3-4-8-12(11)34-24/h1-8H. The molecule has 2 aliphatic heterocycles. The van der Waals surface area contributed by atoms with Crippen LogP contribution in [0.15, 0.2) is 48.5 Å². The monoisotopic (exact) mass is 712 g/mol. The van der Waals surface area contributed by atoms with Crippen molar-refractivity contribution in [1.29, 1.82) is 0 Å². The Balaban J connectivity index is 1.40. The van der Waals surface area contributed by atoms with Crippen LogP contribution in [-0.4, -0.2) is 69.1 Å². The third kappa shape index (κ3) is 2.87. The number of fused-ring (bicyclic) bond motifs is 7. The number of hydrogen-bond donors (Lipinski definition) is 0. The fourth-order valence-electron chi connectivity index (χ4n) is 4.67. The van der Waals surface area contributed by atoms with Crippen LogP contribution in [-0.2, 0) is 0 Å². The SMILES string of the molecule is Fc1c(B2Oc3ccccc3O2)c2n[te]nc2c2c(F)c(B3Oc4ccccc4O3)c3n[te]nc3c12. The van der Waals surface area contributed by atoms with Crippen LogP contribution in [0.2, 0.25) is 0 Å². The van der Waals surface area contributed by atoms with Crippen LogP contribution in [0.1, 0.15) is 0 Å². The summed E-state index contributed by atoms with van der Waals surface area (Å²) in [5, 5.41) is 0.0247. The molecule has 0 spiro atoms. The molecule has 4 aromatic carbocycles. The molecule has 36 heavy (non-hydrogen) atoms. The molecule has 0 bridgehead atoms. The average Bonchev–Trinajstić information content (AvgIpc) is 3.68. The number of hydrogen-bond acceptors (Lipinski definition) is 8.